The van der Waals surface area contributed by atoms with Gasteiger partial charge in [-0.05, 0) is 30.4 Å². The Morgan fingerprint density at radius 2 is 2.18 bits per heavy atom. The summed E-state index contributed by atoms with van der Waals surface area (Å²) in [6.07, 6.45) is 2.71. The molecule has 17 heavy (non-hydrogen) atoms. The van der Waals surface area contributed by atoms with Crippen molar-refractivity contribution in [3.05, 3.63) is 29.8 Å². The molecule has 1 aliphatic heterocycles. The predicted octanol–water partition coefficient (Wildman–Crippen LogP) is 3.03. The summed E-state index contributed by atoms with van der Waals surface area (Å²) in [7, 11) is 0. The second kappa shape index (κ2) is 5.54. The number of hydrogen-bond acceptors (Lipinski definition) is 2. The van der Waals surface area contributed by atoms with Crippen LogP contribution in [0.15, 0.2) is 24.3 Å². The fourth-order valence-electron chi connectivity index (χ4n) is 2.37. The summed E-state index contributed by atoms with van der Waals surface area (Å²) in [6.45, 7) is 5.01. The van der Waals surface area contributed by atoms with Crippen molar-refractivity contribution in [2.24, 2.45) is 11.8 Å². The highest BCUT2D eigenvalue weighted by molar-refractivity contribution is 5.35. The minimum Gasteiger partial charge on any atom is -0.493 e. The van der Waals surface area contributed by atoms with Crippen LogP contribution >= 0.6 is 0 Å². The van der Waals surface area contributed by atoms with Crippen LogP contribution in [0.2, 0.25) is 0 Å². The summed E-state index contributed by atoms with van der Waals surface area (Å²) < 4.78 is 5.71. The highest BCUT2D eigenvalue weighted by Gasteiger charge is 2.26. The molecule has 2 nitrogen and oxygen atoms in total. The molecule has 1 heterocycles. The van der Waals surface area contributed by atoms with Crippen molar-refractivity contribution in [3.8, 4) is 5.75 Å². The van der Waals surface area contributed by atoms with Crippen LogP contribution in [0.5, 0.6) is 5.75 Å². The van der Waals surface area contributed by atoms with Gasteiger partial charge in [-0.15, -0.1) is 0 Å². The van der Waals surface area contributed by atoms with Crippen LogP contribution in [-0.4, -0.2) is 17.8 Å². The highest BCUT2D eigenvalue weighted by atomic mass is 16.5. The van der Waals surface area contributed by atoms with Crippen LogP contribution < -0.4 is 4.74 Å². The molecule has 0 aromatic heterocycles. The van der Waals surface area contributed by atoms with Gasteiger partial charge < -0.3 is 9.84 Å². The standard InChI is InChI=1S/C15H22O2/c1-3-11(2)8-14(16)13-9-12-6-4-5-7-15(12)17-10-13/h4-7,11,13-14,16H,3,8-10H2,1-2H3. The zero-order valence-corrected chi connectivity index (χ0v) is 10.7. The maximum Gasteiger partial charge on any atom is 0.122 e. The molecule has 1 aromatic rings. The van der Waals surface area contributed by atoms with E-state index in [9.17, 15) is 5.11 Å². The normalized spacial score (nSPS) is 22.4. The Kier molecular flexibility index (Phi) is 4.06. The molecule has 0 amide bonds. The first-order valence-corrected chi connectivity index (χ1v) is 6.59. The molecule has 3 unspecified atom stereocenters. The Morgan fingerprint density at radius 1 is 1.41 bits per heavy atom. The van der Waals surface area contributed by atoms with Gasteiger partial charge in [-0.2, -0.15) is 0 Å². The maximum atomic E-state index is 10.2. The average molecular weight is 234 g/mol. The third-order valence-electron chi connectivity index (χ3n) is 3.79. The lowest BCUT2D eigenvalue weighted by Gasteiger charge is -2.30. The largest absolute Gasteiger partial charge is 0.493 e. The first-order valence-electron chi connectivity index (χ1n) is 6.59. The number of aliphatic hydroxyl groups excluding tert-OH is 1. The van der Waals surface area contributed by atoms with Gasteiger partial charge in [0.05, 0.1) is 12.7 Å². The molecule has 0 bridgehead atoms. The van der Waals surface area contributed by atoms with Crippen LogP contribution in [0.3, 0.4) is 0 Å². The molecule has 0 saturated carbocycles. The van der Waals surface area contributed by atoms with Gasteiger partial charge in [-0.1, -0.05) is 38.5 Å². The van der Waals surface area contributed by atoms with Gasteiger partial charge in [0.1, 0.15) is 5.75 Å². The van der Waals surface area contributed by atoms with Gasteiger partial charge in [-0.25, -0.2) is 0 Å². The van der Waals surface area contributed by atoms with Gasteiger partial charge in [0, 0.05) is 5.92 Å². The molecule has 1 N–H and O–H groups in total. The monoisotopic (exact) mass is 234 g/mol. The van der Waals surface area contributed by atoms with E-state index in [1.165, 1.54) is 5.56 Å². The molecule has 2 heteroatoms. The van der Waals surface area contributed by atoms with E-state index in [4.69, 9.17) is 4.74 Å². The van der Waals surface area contributed by atoms with E-state index in [1.54, 1.807) is 0 Å². The summed E-state index contributed by atoms with van der Waals surface area (Å²) in [6, 6.07) is 8.13. The third kappa shape index (κ3) is 3.01. The van der Waals surface area contributed by atoms with E-state index in [2.05, 4.69) is 19.9 Å². The van der Waals surface area contributed by atoms with Crippen LogP contribution in [0.4, 0.5) is 0 Å². The number of benzene rings is 1. The minimum absolute atomic E-state index is 0.238. The smallest absolute Gasteiger partial charge is 0.122 e. The lowest BCUT2D eigenvalue weighted by molar-refractivity contribution is 0.0478. The van der Waals surface area contributed by atoms with Crippen LogP contribution in [0.25, 0.3) is 0 Å². The summed E-state index contributed by atoms with van der Waals surface area (Å²) in [5, 5.41) is 10.2. The van der Waals surface area contributed by atoms with Gasteiger partial charge >= 0.3 is 0 Å². The second-order valence-corrected chi connectivity index (χ2v) is 5.20. The van der Waals surface area contributed by atoms with E-state index in [-0.39, 0.29) is 12.0 Å². The molecule has 0 spiro atoms. The molecule has 2 rings (SSSR count). The van der Waals surface area contributed by atoms with Crippen LogP contribution in [-0.2, 0) is 6.42 Å². The fourth-order valence-corrected chi connectivity index (χ4v) is 2.37. The van der Waals surface area contributed by atoms with Crippen molar-refractivity contribution >= 4 is 0 Å². The van der Waals surface area contributed by atoms with Crippen molar-refractivity contribution in [3.63, 3.8) is 0 Å². The summed E-state index contributed by atoms with van der Waals surface area (Å²) in [5.41, 5.74) is 1.23. The topological polar surface area (TPSA) is 29.5 Å². The zero-order chi connectivity index (χ0) is 12.3. The highest BCUT2D eigenvalue weighted by Crippen LogP contribution is 2.30. The van der Waals surface area contributed by atoms with Gasteiger partial charge in [0.15, 0.2) is 0 Å². The Bertz CT molecular complexity index is 362. The molecule has 3 atom stereocenters. The lowest BCUT2D eigenvalue weighted by atomic mass is 9.87. The predicted molar refractivity (Wildman–Crippen MR) is 69.2 cm³/mol. The number of para-hydroxylation sites is 1. The Hall–Kier alpha value is -1.02. The Balaban J connectivity index is 1.97. The summed E-state index contributed by atoms with van der Waals surface area (Å²) >= 11 is 0. The average Bonchev–Trinajstić information content (AvgIpc) is 2.38. The summed E-state index contributed by atoms with van der Waals surface area (Å²) in [4.78, 5) is 0. The minimum atomic E-state index is -0.238. The molecule has 0 fully saturated rings. The Labute approximate surface area is 104 Å². The third-order valence-corrected chi connectivity index (χ3v) is 3.79. The van der Waals surface area contributed by atoms with Crippen molar-refractivity contribution in [2.75, 3.05) is 6.61 Å². The lowest BCUT2D eigenvalue weighted by Crippen LogP contribution is -2.32. The molecule has 1 aromatic carbocycles. The van der Waals surface area contributed by atoms with E-state index in [1.807, 2.05) is 18.2 Å². The van der Waals surface area contributed by atoms with Crippen molar-refractivity contribution in [2.45, 2.75) is 39.2 Å². The first-order chi connectivity index (χ1) is 8.20. The number of fused-ring (bicyclic) bond motifs is 1. The molecular weight excluding hydrogens is 212 g/mol. The number of ether oxygens (including phenoxy) is 1. The van der Waals surface area contributed by atoms with E-state index in [0.29, 0.717) is 12.5 Å². The molecule has 1 aliphatic rings. The van der Waals surface area contributed by atoms with Crippen molar-refractivity contribution in [1.82, 2.24) is 0 Å². The quantitative estimate of drug-likeness (QED) is 0.867. The van der Waals surface area contributed by atoms with Crippen LogP contribution in [0.1, 0.15) is 32.3 Å². The summed E-state index contributed by atoms with van der Waals surface area (Å²) in [5.74, 6) is 1.82. The second-order valence-electron chi connectivity index (χ2n) is 5.20. The number of rotatable bonds is 4. The van der Waals surface area contributed by atoms with Gasteiger partial charge in [0.2, 0.25) is 0 Å². The van der Waals surface area contributed by atoms with Crippen molar-refractivity contribution in [1.29, 1.82) is 0 Å². The fraction of sp³-hybridized carbons (Fsp3) is 0.600. The Morgan fingerprint density at radius 3 is 2.94 bits per heavy atom. The molecule has 94 valence electrons. The first kappa shape index (κ1) is 12.4. The number of hydrogen-bond donors (Lipinski definition) is 1. The van der Waals surface area contributed by atoms with Crippen molar-refractivity contribution < 1.29 is 9.84 Å². The van der Waals surface area contributed by atoms with E-state index in [0.717, 1.165) is 25.0 Å². The molecule has 0 aliphatic carbocycles. The molecule has 0 saturated heterocycles. The van der Waals surface area contributed by atoms with Crippen LogP contribution in [0, 0.1) is 11.8 Å². The van der Waals surface area contributed by atoms with Gasteiger partial charge in [0.25, 0.3) is 0 Å². The number of aliphatic hydroxyl groups is 1. The SMILES string of the molecule is CCC(C)CC(O)C1COc2ccccc2C1. The molecule has 0 radical (unpaired) electrons. The molecular formula is C15H22O2. The van der Waals surface area contributed by atoms with Gasteiger partial charge in [-0.3, -0.25) is 0 Å². The van der Waals surface area contributed by atoms with E-state index < -0.39 is 0 Å². The maximum absolute atomic E-state index is 10.2. The van der Waals surface area contributed by atoms with E-state index >= 15 is 0 Å². The zero-order valence-electron chi connectivity index (χ0n) is 10.7.